The Morgan fingerprint density at radius 1 is 1.39 bits per heavy atom. The molecule has 18 heavy (non-hydrogen) atoms. The van der Waals surface area contributed by atoms with Gasteiger partial charge in [0.15, 0.2) is 10.6 Å². The lowest BCUT2D eigenvalue weighted by Gasteiger charge is -2.16. The molecule has 5 nitrogen and oxygen atoms in total. The van der Waals surface area contributed by atoms with Crippen molar-refractivity contribution in [2.75, 3.05) is 0 Å². The van der Waals surface area contributed by atoms with Crippen LogP contribution in [0.15, 0.2) is 0 Å². The molecule has 1 fully saturated rings. The second-order valence-electron chi connectivity index (χ2n) is 5.65. The maximum absolute atomic E-state index is 5.31. The van der Waals surface area contributed by atoms with E-state index in [-0.39, 0.29) is 5.41 Å². The highest BCUT2D eigenvalue weighted by Gasteiger charge is 2.31. The molecule has 0 amide bonds. The second-order valence-corrected chi connectivity index (χ2v) is 6.80. The van der Waals surface area contributed by atoms with E-state index in [1.54, 1.807) is 0 Å². The van der Waals surface area contributed by atoms with E-state index >= 15 is 0 Å². The SMILES string of the molecule is CC(C)(C)c1nnsc1-c1n[nH]c(=S)n1C1CC1. The fourth-order valence-corrected chi connectivity index (χ4v) is 3.11. The summed E-state index contributed by atoms with van der Waals surface area (Å²) in [7, 11) is 0. The molecule has 0 unspecified atom stereocenters. The molecule has 0 atom stereocenters. The lowest BCUT2D eigenvalue weighted by Crippen LogP contribution is -2.14. The molecule has 0 aliphatic heterocycles. The van der Waals surface area contributed by atoms with Gasteiger partial charge in [-0.3, -0.25) is 9.67 Å². The van der Waals surface area contributed by atoms with Crippen molar-refractivity contribution in [3.63, 3.8) is 0 Å². The molecule has 0 bridgehead atoms. The van der Waals surface area contributed by atoms with Gasteiger partial charge in [0.25, 0.3) is 0 Å². The van der Waals surface area contributed by atoms with Crippen molar-refractivity contribution in [2.24, 2.45) is 0 Å². The van der Waals surface area contributed by atoms with Gasteiger partial charge in [-0.2, -0.15) is 5.10 Å². The first-order chi connectivity index (χ1) is 8.48. The molecule has 0 aromatic carbocycles. The average molecular weight is 281 g/mol. The van der Waals surface area contributed by atoms with Crippen LogP contribution in [0.3, 0.4) is 0 Å². The smallest absolute Gasteiger partial charge is 0.195 e. The standard InChI is InChI=1S/C11H15N5S2/c1-11(2,3)8-7(18-15-12-8)9-13-14-10(17)16(9)6-4-5-6/h6H,4-5H2,1-3H3,(H,14,17). The summed E-state index contributed by atoms with van der Waals surface area (Å²) in [6.45, 7) is 6.40. The second kappa shape index (κ2) is 3.96. The largest absolute Gasteiger partial charge is 0.296 e. The molecule has 0 spiro atoms. The Morgan fingerprint density at radius 3 is 2.72 bits per heavy atom. The zero-order valence-electron chi connectivity index (χ0n) is 10.6. The van der Waals surface area contributed by atoms with E-state index in [0.717, 1.165) is 16.4 Å². The highest BCUT2D eigenvalue weighted by molar-refractivity contribution is 7.71. The number of aromatic nitrogens is 5. The van der Waals surface area contributed by atoms with Crippen LogP contribution in [0.4, 0.5) is 0 Å². The van der Waals surface area contributed by atoms with Crippen molar-refractivity contribution in [1.29, 1.82) is 0 Å². The molecular weight excluding hydrogens is 266 g/mol. The molecule has 7 heteroatoms. The first-order valence-electron chi connectivity index (χ1n) is 5.98. The molecule has 2 aromatic heterocycles. The molecule has 1 aliphatic carbocycles. The van der Waals surface area contributed by atoms with Gasteiger partial charge in [-0.05, 0) is 36.6 Å². The number of aromatic amines is 1. The van der Waals surface area contributed by atoms with Gasteiger partial charge in [0.1, 0.15) is 4.88 Å². The molecule has 2 heterocycles. The van der Waals surface area contributed by atoms with Crippen LogP contribution in [0.2, 0.25) is 0 Å². The quantitative estimate of drug-likeness (QED) is 0.859. The van der Waals surface area contributed by atoms with Gasteiger partial charge in [-0.15, -0.1) is 5.10 Å². The molecule has 2 aromatic rings. The summed E-state index contributed by atoms with van der Waals surface area (Å²) in [6.07, 6.45) is 2.36. The Labute approximate surface area is 114 Å². The molecule has 3 rings (SSSR count). The van der Waals surface area contributed by atoms with Crippen molar-refractivity contribution >= 4 is 23.8 Å². The van der Waals surface area contributed by atoms with Crippen molar-refractivity contribution in [3.05, 3.63) is 10.5 Å². The van der Waals surface area contributed by atoms with Gasteiger partial charge in [-0.1, -0.05) is 25.3 Å². The summed E-state index contributed by atoms with van der Waals surface area (Å²) in [6, 6.07) is 0.501. The topological polar surface area (TPSA) is 59.4 Å². The Balaban J connectivity index is 2.16. The van der Waals surface area contributed by atoms with Crippen LogP contribution in [0.25, 0.3) is 10.7 Å². The molecular formula is C11H15N5S2. The maximum atomic E-state index is 5.31. The number of hydrogen-bond acceptors (Lipinski definition) is 5. The number of H-pyrrole nitrogens is 1. The maximum Gasteiger partial charge on any atom is 0.195 e. The van der Waals surface area contributed by atoms with Crippen LogP contribution in [0.5, 0.6) is 0 Å². The lowest BCUT2D eigenvalue weighted by atomic mass is 9.91. The molecule has 1 N–H and O–H groups in total. The van der Waals surface area contributed by atoms with E-state index < -0.39 is 0 Å². The van der Waals surface area contributed by atoms with Crippen molar-refractivity contribution in [2.45, 2.75) is 45.1 Å². The summed E-state index contributed by atoms with van der Waals surface area (Å²) in [4.78, 5) is 1.03. The minimum Gasteiger partial charge on any atom is -0.296 e. The van der Waals surface area contributed by atoms with Crippen molar-refractivity contribution < 1.29 is 0 Å². The molecule has 96 valence electrons. The zero-order valence-corrected chi connectivity index (χ0v) is 12.2. The predicted molar refractivity (Wildman–Crippen MR) is 73.3 cm³/mol. The Kier molecular flexibility index (Phi) is 2.63. The van der Waals surface area contributed by atoms with Crippen LogP contribution in [-0.4, -0.2) is 24.4 Å². The minimum absolute atomic E-state index is 0.0374. The summed E-state index contributed by atoms with van der Waals surface area (Å²) < 4.78 is 6.89. The number of nitrogens with zero attached hydrogens (tertiary/aromatic N) is 4. The minimum atomic E-state index is -0.0374. The van der Waals surface area contributed by atoms with E-state index in [2.05, 4.69) is 45.1 Å². The molecule has 1 aliphatic rings. The van der Waals surface area contributed by atoms with Gasteiger partial charge >= 0.3 is 0 Å². The third kappa shape index (κ3) is 1.91. The first-order valence-corrected chi connectivity index (χ1v) is 7.17. The highest BCUT2D eigenvalue weighted by atomic mass is 32.1. The molecule has 0 saturated heterocycles. The van der Waals surface area contributed by atoms with Crippen LogP contribution < -0.4 is 0 Å². The van der Waals surface area contributed by atoms with Gasteiger partial charge in [-0.25, -0.2) is 0 Å². The van der Waals surface area contributed by atoms with Gasteiger partial charge in [0, 0.05) is 11.5 Å². The Bertz CT molecular complexity index is 626. The summed E-state index contributed by atoms with van der Waals surface area (Å²) in [5.74, 6) is 0.891. The normalized spacial score (nSPS) is 16.2. The Hall–Kier alpha value is -1.08. The monoisotopic (exact) mass is 281 g/mol. The summed E-state index contributed by atoms with van der Waals surface area (Å²) >= 11 is 6.70. The zero-order chi connectivity index (χ0) is 12.9. The van der Waals surface area contributed by atoms with E-state index in [0.29, 0.717) is 10.8 Å². The Morgan fingerprint density at radius 2 is 2.11 bits per heavy atom. The number of rotatable bonds is 2. The number of hydrogen-bond donors (Lipinski definition) is 1. The fraction of sp³-hybridized carbons (Fsp3) is 0.636. The van der Waals surface area contributed by atoms with Gasteiger partial charge in [0.2, 0.25) is 0 Å². The van der Waals surface area contributed by atoms with E-state index in [9.17, 15) is 0 Å². The van der Waals surface area contributed by atoms with Crippen LogP contribution in [-0.2, 0) is 5.41 Å². The van der Waals surface area contributed by atoms with Gasteiger partial charge in [0.05, 0.1) is 5.69 Å². The van der Waals surface area contributed by atoms with Crippen molar-refractivity contribution in [1.82, 2.24) is 24.4 Å². The molecule has 0 radical (unpaired) electrons. The highest BCUT2D eigenvalue weighted by Crippen LogP contribution is 2.40. The molecule has 1 saturated carbocycles. The van der Waals surface area contributed by atoms with Gasteiger partial charge < -0.3 is 0 Å². The van der Waals surface area contributed by atoms with E-state index in [1.165, 1.54) is 24.4 Å². The van der Waals surface area contributed by atoms with E-state index in [4.69, 9.17) is 12.2 Å². The van der Waals surface area contributed by atoms with Crippen LogP contribution in [0.1, 0.15) is 45.3 Å². The summed E-state index contributed by atoms with van der Waals surface area (Å²) in [5.41, 5.74) is 0.952. The predicted octanol–water partition coefficient (Wildman–Crippen LogP) is 3.09. The first kappa shape index (κ1) is 12.0. The van der Waals surface area contributed by atoms with E-state index in [1.807, 2.05) is 0 Å². The number of nitrogens with one attached hydrogen (secondary N) is 1. The van der Waals surface area contributed by atoms with Crippen molar-refractivity contribution in [3.8, 4) is 10.7 Å². The average Bonchev–Trinajstić information content (AvgIpc) is 2.86. The third-order valence-corrected chi connectivity index (χ3v) is 4.03. The fourth-order valence-electron chi connectivity index (χ4n) is 1.96. The van der Waals surface area contributed by atoms with Crippen LogP contribution >= 0.6 is 23.8 Å². The van der Waals surface area contributed by atoms with Crippen LogP contribution in [0, 0.1) is 4.77 Å². The lowest BCUT2D eigenvalue weighted by molar-refractivity contribution is 0.567. The summed E-state index contributed by atoms with van der Waals surface area (Å²) in [5, 5.41) is 11.5. The third-order valence-electron chi connectivity index (χ3n) is 3.02.